The highest BCUT2D eigenvalue weighted by atomic mass is 35.5. The molecule has 0 aliphatic carbocycles. The lowest BCUT2D eigenvalue weighted by Crippen LogP contribution is -2.32. The summed E-state index contributed by atoms with van der Waals surface area (Å²) in [4.78, 5) is 25.8. The first kappa shape index (κ1) is 17.5. The molecule has 2 amide bonds. The normalized spacial score (nSPS) is 14.8. The van der Waals surface area contributed by atoms with Crippen molar-refractivity contribution in [2.75, 3.05) is 26.9 Å². The number of carbonyl (C=O) groups excluding carboxylic acids is 2. The number of benzene rings is 1. The molecule has 1 aromatic carbocycles. The van der Waals surface area contributed by atoms with Gasteiger partial charge in [-0.25, -0.2) is 0 Å². The summed E-state index contributed by atoms with van der Waals surface area (Å²) in [6, 6.07) is 7.03. The van der Waals surface area contributed by atoms with Crippen LogP contribution in [0.2, 0.25) is 0 Å². The monoisotopic (exact) mass is 337 g/mol. The van der Waals surface area contributed by atoms with Gasteiger partial charge in [-0.05, 0) is 30.5 Å². The van der Waals surface area contributed by atoms with E-state index < -0.39 is 5.91 Å². The summed E-state index contributed by atoms with van der Waals surface area (Å²) in [5, 5.41) is -0.0327. The number of imide groups is 1. The minimum atomic E-state index is -0.450. The first-order chi connectivity index (χ1) is 11.1. The average Bonchev–Trinajstić information content (AvgIpc) is 2.77. The third-order valence-corrected chi connectivity index (χ3v) is 3.81. The molecule has 5 nitrogen and oxygen atoms in total. The summed E-state index contributed by atoms with van der Waals surface area (Å²) in [6.07, 6.45) is 1.50. The van der Waals surface area contributed by atoms with Crippen molar-refractivity contribution in [1.29, 1.82) is 0 Å². The van der Waals surface area contributed by atoms with E-state index in [0.717, 1.165) is 17.1 Å². The molecule has 124 valence electrons. The van der Waals surface area contributed by atoms with E-state index >= 15 is 0 Å². The quantitative estimate of drug-likeness (QED) is 0.540. The molecule has 0 bridgehead atoms. The first-order valence-electron chi connectivity index (χ1n) is 7.58. The molecular weight excluding hydrogens is 318 g/mol. The summed E-state index contributed by atoms with van der Waals surface area (Å²) in [5.74, 6) is -0.0894. The van der Waals surface area contributed by atoms with Crippen molar-refractivity contribution in [3.63, 3.8) is 0 Å². The Balaban J connectivity index is 2.15. The van der Waals surface area contributed by atoms with Crippen LogP contribution in [0.1, 0.15) is 25.3 Å². The van der Waals surface area contributed by atoms with Gasteiger partial charge in [-0.1, -0.05) is 30.7 Å². The van der Waals surface area contributed by atoms with Crippen LogP contribution in [0.4, 0.5) is 0 Å². The highest BCUT2D eigenvalue weighted by molar-refractivity contribution is 6.55. The molecule has 0 saturated heterocycles. The van der Waals surface area contributed by atoms with Crippen LogP contribution in [0.3, 0.4) is 0 Å². The van der Waals surface area contributed by atoms with Gasteiger partial charge in [0.05, 0.1) is 12.2 Å². The van der Waals surface area contributed by atoms with E-state index in [1.54, 1.807) is 31.4 Å². The average molecular weight is 338 g/mol. The van der Waals surface area contributed by atoms with E-state index in [9.17, 15) is 9.59 Å². The molecule has 0 radical (unpaired) electrons. The van der Waals surface area contributed by atoms with Crippen LogP contribution in [-0.4, -0.2) is 43.6 Å². The summed E-state index contributed by atoms with van der Waals surface area (Å²) in [6.45, 7) is 3.43. The molecule has 0 N–H and O–H groups in total. The second-order valence-electron chi connectivity index (χ2n) is 5.17. The van der Waals surface area contributed by atoms with Gasteiger partial charge >= 0.3 is 0 Å². The van der Waals surface area contributed by atoms with E-state index in [-0.39, 0.29) is 16.5 Å². The largest absolute Gasteiger partial charge is 0.494 e. The van der Waals surface area contributed by atoms with Crippen molar-refractivity contribution in [2.24, 2.45) is 0 Å². The Kier molecular flexibility index (Phi) is 6.19. The van der Waals surface area contributed by atoms with E-state index in [1.807, 2.05) is 6.92 Å². The van der Waals surface area contributed by atoms with Gasteiger partial charge < -0.3 is 9.47 Å². The van der Waals surface area contributed by atoms with Crippen molar-refractivity contribution in [1.82, 2.24) is 4.90 Å². The van der Waals surface area contributed by atoms with Crippen LogP contribution in [0.15, 0.2) is 29.3 Å². The molecule has 0 spiro atoms. The predicted octanol–water partition coefficient (Wildman–Crippen LogP) is 2.83. The maximum Gasteiger partial charge on any atom is 0.273 e. The van der Waals surface area contributed by atoms with Gasteiger partial charge in [0.1, 0.15) is 10.8 Å². The Hall–Kier alpha value is -1.85. The number of hydrogen-bond acceptors (Lipinski definition) is 4. The number of amides is 2. The van der Waals surface area contributed by atoms with Crippen molar-refractivity contribution in [2.45, 2.75) is 19.8 Å². The van der Waals surface area contributed by atoms with Crippen LogP contribution in [0.5, 0.6) is 5.75 Å². The van der Waals surface area contributed by atoms with Crippen molar-refractivity contribution in [3.05, 3.63) is 34.9 Å². The van der Waals surface area contributed by atoms with Crippen molar-refractivity contribution < 1.29 is 19.1 Å². The van der Waals surface area contributed by atoms with Gasteiger partial charge in [0.2, 0.25) is 0 Å². The zero-order valence-electron chi connectivity index (χ0n) is 13.3. The zero-order valence-corrected chi connectivity index (χ0v) is 14.1. The Bertz CT molecular complexity index is 610. The third kappa shape index (κ3) is 3.92. The Morgan fingerprint density at radius 3 is 2.39 bits per heavy atom. The van der Waals surface area contributed by atoms with E-state index in [0.29, 0.717) is 31.7 Å². The summed E-state index contributed by atoms with van der Waals surface area (Å²) < 4.78 is 10.5. The number of rotatable bonds is 8. The molecule has 0 aromatic heterocycles. The second-order valence-corrected chi connectivity index (χ2v) is 5.55. The van der Waals surface area contributed by atoms with Crippen molar-refractivity contribution >= 4 is 29.0 Å². The Labute approximate surface area is 140 Å². The molecule has 0 fully saturated rings. The minimum absolute atomic E-state index is 0.0327. The maximum atomic E-state index is 12.5. The molecule has 23 heavy (non-hydrogen) atoms. The van der Waals surface area contributed by atoms with Gasteiger partial charge in [-0.15, -0.1) is 0 Å². The molecule has 1 aliphatic rings. The lowest BCUT2D eigenvalue weighted by atomic mass is 10.1. The SMILES string of the molecule is CCCOc1ccc(C2=C(Cl)C(=O)N(CCCOC)C2=O)cc1. The summed E-state index contributed by atoms with van der Waals surface area (Å²) >= 11 is 6.09. The number of ether oxygens (including phenoxy) is 2. The van der Waals surface area contributed by atoms with Gasteiger partial charge in [0.25, 0.3) is 11.8 Å². The van der Waals surface area contributed by atoms with Gasteiger partial charge in [0.15, 0.2) is 0 Å². The van der Waals surface area contributed by atoms with Gasteiger partial charge in [0, 0.05) is 20.3 Å². The second kappa shape index (κ2) is 8.13. The first-order valence-corrected chi connectivity index (χ1v) is 7.96. The fourth-order valence-electron chi connectivity index (χ4n) is 2.30. The van der Waals surface area contributed by atoms with Gasteiger partial charge in [-0.3, -0.25) is 14.5 Å². The van der Waals surface area contributed by atoms with Crippen LogP contribution in [0, 0.1) is 0 Å². The fourth-order valence-corrected chi connectivity index (χ4v) is 2.60. The summed E-state index contributed by atoms with van der Waals surface area (Å²) in [5.41, 5.74) is 0.863. The number of hydrogen-bond donors (Lipinski definition) is 0. The summed E-state index contributed by atoms with van der Waals surface area (Å²) in [7, 11) is 1.58. The zero-order chi connectivity index (χ0) is 16.8. The molecule has 1 heterocycles. The lowest BCUT2D eigenvalue weighted by Gasteiger charge is -2.14. The Morgan fingerprint density at radius 1 is 1.09 bits per heavy atom. The standard InChI is InChI=1S/C17H20ClNO4/c1-3-10-23-13-7-5-12(6-8-13)14-15(18)17(21)19(16(14)20)9-4-11-22-2/h5-8H,3-4,9-11H2,1-2H3. The van der Waals surface area contributed by atoms with E-state index in [1.165, 1.54) is 0 Å². The molecule has 1 aromatic rings. The predicted molar refractivity (Wildman–Crippen MR) is 88.2 cm³/mol. The van der Waals surface area contributed by atoms with Gasteiger partial charge in [-0.2, -0.15) is 0 Å². The van der Waals surface area contributed by atoms with Crippen LogP contribution in [-0.2, 0) is 14.3 Å². The lowest BCUT2D eigenvalue weighted by molar-refractivity contribution is -0.136. The topological polar surface area (TPSA) is 55.8 Å². The van der Waals surface area contributed by atoms with Crippen LogP contribution < -0.4 is 4.74 Å². The highest BCUT2D eigenvalue weighted by Gasteiger charge is 2.37. The number of nitrogens with zero attached hydrogens (tertiary/aromatic N) is 1. The van der Waals surface area contributed by atoms with Crippen LogP contribution >= 0.6 is 11.6 Å². The molecule has 6 heteroatoms. The number of halogens is 1. The third-order valence-electron chi connectivity index (χ3n) is 3.46. The molecule has 0 saturated carbocycles. The Morgan fingerprint density at radius 2 is 1.78 bits per heavy atom. The van der Waals surface area contributed by atoms with Crippen LogP contribution in [0.25, 0.3) is 5.57 Å². The smallest absolute Gasteiger partial charge is 0.273 e. The molecule has 1 aliphatic heterocycles. The maximum absolute atomic E-state index is 12.5. The van der Waals surface area contributed by atoms with E-state index in [4.69, 9.17) is 21.1 Å². The van der Waals surface area contributed by atoms with E-state index in [2.05, 4.69) is 0 Å². The van der Waals surface area contributed by atoms with Crippen molar-refractivity contribution in [3.8, 4) is 5.75 Å². The molecular formula is C17H20ClNO4. The fraction of sp³-hybridized carbons (Fsp3) is 0.412. The molecule has 0 atom stereocenters. The highest BCUT2D eigenvalue weighted by Crippen LogP contribution is 2.32. The minimum Gasteiger partial charge on any atom is -0.494 e. The number of methoxy groups -OCH3 is 1. The molecule has 0 unspecified atom stereocenters. The number of carbonyl (C=O) groups is 2. The molecule has 2 rings (SSSR count).